The molecular weight excluding hydrogens is 278 g/mol. The molecule has 0 radical (unpaired) electrons. The molecule has 0 saturated heterocycles. The highest BCUT2D eigenvalue weighted by atomic mass is 79.9. The summed E-state index contributed by atoms with van der Waals surface area (Å²) in [6, 6.07) is 9.65. The molecule has 0 bridgehead atoms. The van der Waals surface area contributed by atoms with E-state index < -0.39 is 0 Å². The van der Waals surface area contributed by atoms with Crippen LogP contribution in [0.25, 0.3) is 0 Å². The molecule has 0 unspecified atom stereocenters. The summed E-state index contributed by atoms with van der Waals surface area (Å²) in [7, 11) is 0. The molecule has 17 heavy (non-hydrogen) atoms. The van der Waals surface area contributed by atoms with Crippen molar-refractivity contribution in [3.8, 4) is 0 Å². The van der Waals surface area contributed by atoms with E-state index in [1.807, 2.05) is 37.3 Å². The molecule has 0 fully saturated rings. The van der Waals surface area contributed by atoms with Gasteiger partial charge in [0, 0.05) is 28.9 Å². The lowest BCUT2D eigenvalue weighted by Crippen LogP contribution is -2.04. The number of nitrogens with zero attached hydrogens (tertiary/aromatic N) is 1. The van der Waals surface area contributed by atoms with Gasteiger partial charge in [-0.2, -0.15) is 0 Å². The fourth-order valence-corrected chi connectivity index (χ4v) is 1.86. The smallest absolute Gasteiger partial charge is 0.168 e. The first-order chi connectivity index (χ1) is 8.15. The summed E-state index contributed by atoms with van der Waals surface area (Å²) in [5.41, 5.74) is 2.69. The molecule has 2 nitrogen and oxygen atoms in total. The zero-order valence-corrected chi connectivity index (χ0v) is 11.1. The largest absolute Gasteiger partial charge is 0.294 e. The molecular formula is C14H12BrNO. The van der Waals surface area contributed by atoms with Crippen molar-refractivity contribution in [3.63, 3.8) is 0 Å². The van der Waals surface area contributed by atoms with Crippen molar-refractivity contribution in [1.29, 1.82) is 0 Å². The Balaban J connectivity index is 2.14. The Morgan fingerprint density at radius 1 is 1.24 bits per heavy atom. The third-order valence-corrected chi connectivity index (χ3v) is 3.00. The number of Topliss-reactive ketones (excluding diaryl/α,β-unsaturated/α-hetero) is 1. The molecule has 0 aliphatic heterocycles. The van der Waals surface area contributed by atoms with Gasteiger partial charge in [0.25, 0.3) is 0 Å². The molecule has 0 saturated carbocycles. The second-order valence-corrected chi connectivity index (χ2v) is 4.89. The van der Waals surface area contributed by atoms with Gasteiger partial charge in [0.15, 0.2) is 5.78 Å². The van der Waals surface area contributed by atoms with E-state index in [1.54, 1.807) is 12.4 Å². The Morgan fingerprint density at radius 2 is 1.94 bits per heavy atom. The molecule has 0 aliphatic carbocycles. The van der Waals surface area contributed by atoms with Crippen LogP contribution in [-0.2, 0) is 6.42 Å². The highest BCUT2D eigenvalue weighted by Gasteiger charge is 2.07. The van der Waals surface area contributed by atoms with Crippen molar-refractivity contribution in [1.82, 2.24) is 4.98 Å². The number of hydrogen-bond acceptors (Lipinski definition) is 2. The average molecular weight is 290 g/mol. The van der Waals surface area contributed by atoms with Gasteiger partial charge in [-0.25, -0.2) is 0 Å². The summed E-state index contributed by atoms with van der Waals surface area (Å²) in [6.45, 7) is 1.93. The second kappa shape index (κ2) is 5.23. The minimum Gasteiger partial charge on any atom is -0.294 e. The molecule has 2 aromatic rings. The number of hydrogen-bond donors (Lipinski definition) is 0. The van der Waals surface area contributed by atoms with Gasteiger partial charge in [-0.05, 0) is 36.2 Å². The fourth-order valence-electron chi connectivity index (χ4n) is 1.60. The number of benzene rings is 1. The van der Waals surface area contributed by atoms with E-state index in [2.05, 4.69) is 20.9 Å². The maximum Gasteiger partial charge on any atom is 0.168 e. The summed E-state index contributed by atoms with van der Waals surface area (Å²) in [4.78, 5) is 16.0. The minimum absolute atomic E-state index is 0.100. The van der Waals surface area contributed by atoms with Gasteiger partial charge in [0.2, 0.25) is 0 Å². The van der Waals surface area contributed by atoms with Gasteiger partial charge in [-0.1, -0.05) is 28.1 Å². The lowest BCUT2D eigenvalue weighted by atomic mass is 10.0. The first-order valence-corrected chi connectivity index (χ1v) is 6.14. The molecule has 0 amide bonds. The molecule has 2 rings (SSSR count). The quantitative estimate of drug-likeness (QED) is 0.809. The Morgan fingerprint density at radius 3 is 2.59 bits per heavy atom. The standard InChI is InChI=1S/C14H12BrNO/c1-10-6-12(9-16-8-10)14(17)7-11-2-4-13(15)5-3-11/h2-6,8-9H,7H2,1H3. The number of aromatic nitrogens is 1. The molecule has 0 N–H and O–H groups in total. The third-order valence-electron chi connectivity index (χ3n) is 2.47. The predicted octanol–water partition coefficient (Wildman–Crippen LogP) is 3.58. The Kier molecular flexibility index (Phi) is 3.69. The Bertz CT molecular complexity index is 534. The third kappa shape index (κ3) is 3.24. The van der Waals surface area contributed by atoms with Crippen LogP contribution in [0.4, 0.5) is 0 Å². The van der Waals surface area contributed by atoms with E-state index >= 15 is 0 Å². The summed E-state index contributed by atoms with van der Waals surface area (Å²) < 4.78 is 1.02. The van der Waals surface area contributed by atoms with E-state index in [0.29, 0.717) is 12.0 Å². The molecule has 1 aromatic heterocycles. The van der Waals surface area contributed by atoms with Gasteiger partial charge in [-0.3, -0.25) is 9.78 Å². The van der Waals surface area contributed by atoms with Crippen LogP contribution in [0.5, 0.6) is 0 Å². The first-order valence-electron chi connectivity index (χ1n) is 5.34. The molecule has 86 valence electrons. The SMILES string of the molecule is Cc1cncc(C(=O)Cc2ccc(Br)cc2)c1. The van der Waals surface area contributed by atoms with Crippen molar-refractivity contribution in [2.75, 3.05) is 0 Å². The molecule has 0 aliphatic rings. The summed E-state index contributed by atoms with van der Waals surface area (Å²) >= 11 is 3.37. The lowest BCUT2D eigenvalue weighted by Gasteiger charge is -2.02. The first kappa shape index (κ1) is 12.0. The number of halogens is 1. The maximum absolute atomic E-state index is 12.0. The number of rotatable bonds is 3. The van der Waals surface area contributed by atoms with Crippen LogP contribution < -0.4 is 0 Å². The predicted molar refractivity (Wildman–Crippen MR) is 71.2 cm³/mol. The van der Waals surface area contributed by atoms with E-state index in [1.165, 1.54) is 0 Å². The van der Waals surface area contributed by atoms with Crippen LogP contribution in [0.15, 0.2) is 47.2 Å². The number of aryl methyl sites for hydroxylation is 1. The fraction of sp³-hybridized carbons (Fsp3) is 0.143. The zero-order chi connectivity index (χ0) is 12.3. The topological polar surface area (TPSA) is 30.0 Å². The van der Waals surface area contributed by atoms with Crippen LogP contribution >= 0.6 is 15.9 Å². The van der Waals surface area contributed by atoms with Gasteiger partial charge in [-0.15, -0.1) is 0 Å². The molecule has 0 spiro atoms. The monoisotopic (exact) mass is 289 g/mol. The average Bonchev–Trinajstić information content (AvgIpc) is 2.32. The van der Waals surface area contributed by atoms with Crippen LogP contribution in [0, 0.1) is 6.92 Å². The molecule has 1 aromatic carbocycles. The van der Waals surface area contributed by atoms with E-state index in [-0.39, 0.29) is 5.78 Å². The Labute approximate surface area is 109 Å². The lowest BCUT2D eigenvalue weighted by molar-refractivity contribution is 0.0992. The van der Waals surface area contributed by atoms with Crippen molar-refractivity contribution in [2.45, 2.75) is 13.3 Å². The Hall–Kier alpha value is -1.48. The van der Waals surface area contributed by atoms with Crippen LogP contribution in [0.2, 0.25) is 0 Å². The molecule has 0 atom stereocenters. The number of ketones is 1. The van der Waals surface area contributed by atoms with Gasteiger partial charge in [0.1, 0.15) is 0 Å². The normalized spacial score (nSPS) is 10.2. The highest BCUT2D eigenvalue weighted by Crippen LogP contribution is 2.13. The highest BCUT2D eigenvalue weighted by molar-refractivity contribution is 9.10. The van der Waals surface area contributed by atoms with Gasteiger partial charge < -0.3 is 0 Å². The minimum atomic E-state index is 0.100. The van der Waals surface area contributed by atoms with Crippen LogP contribution in [-0.4, -0.2) is 10.8 Å². The van der Waals surface area contributed by atoms with Crippen LogP contribution in [0.3, 0.4) is 0 Å². The molecule has 1 heterocycles. The maximum atomic E-state index is 12.0. The molecule has 3 heteroatoms. The van der Waals surface area contributed by atoms with Gasteiger partial charge in [0.05, 0.1) is 0 Å². The number of pyridine rings is 1. The van der Waals surface area contributed by atoms with Crippen molar-refractivity contribution >= 4 is 21.7 Å². The van der Waals surface area contributed by atoms with Crippen LogP contribution in [0.1, 0.15) is 21.5 Å². The summed E-state index contributed by atoms with van der Waals surface area (Å²) in [6.07, 6.45) is 3.78. The van der Waals surface area contributed by atoms with Gasteiger partial charge >= 0.3 is 0 Å². The van der Waals surface area contributed by atoms with Crippen molar-refractivity contribution in [2.24, 2.45) is 0 Å². The zero-order valence-electron chi connectivity index (χ0n) is 9.48. The summed E-state index contributed by atoms with van der Waals surface area (Å²) in [5, 5.41) is 0. The summed E-state index contributed by atoms with van der Waals surface area (Å²) in [5.74, 6) is 0.100. The van der Waals surface area contributed by atoms with E-state index in [4.69, 9.17) is 0 Å². The number of carbonyl (C=O) groups is 1. The van der Waals surface area contributed by atoms with Crippen molar-refractivity contribution < 1.29 is 4.79 Å². The van der Waals surface area contributed by atoms with E-state index in [0.717, 1.165) is 15.6 Å². The number of carbonyl (C=O) groups excluding carboxylic acids is 1. The van der Waals surface area contributed by atoms with E-state index in [9.17, 15) is 4.79 Å². The van der Waals surface area contributed by atoms with Crippen molar-refractivity contribution in [3.05, 3.63) is 63.9 Å². The second-order valence-electron chi connectivity index (χ2n) is 3.98.